The third kappa shape index (κ3) is 2.46. The fourth-order valence-electron chi connectivity index (χ4n) is 3.03. The second-order valence-corrected chi connectivity index (χ2v) is 6.54. The zero-order valence-corrected chi connectivity index (χ0v) is 13.9. The van der Waals surface area contributed by atoms with E-state index in [2.05, 4.69) is 11.2 Å². The predicted octanol–water partition coefficient (Wildman–Crippen LogP) is 3.71. The first-order valence-corrected chi connectivity index (χ1v) is 8.40. The Balaban J connectivity index is 1.96. The molecule has 0 saturated heterocycles. The summed E-state index contributed by atoms with van der Waals surface area (Å²) in [6, 6.07) is 9.42. The zero-order valence-electron chi connectivity index (χ0n) is 13.9. The molecule has 0 N–H and O–H groups in total. The van der Waals surface area contributed by atoms with Crippen LogP contribution in [-0.4, -0.2) is 19.4 Å². The van der Waals surface area contributed by atoms with Crippen LogP contribution in [0.4, 0.5) is 0 Å². The third-order valence-corrected chi connectivity index (χ3v) is 4.47. The molecular weight excluding hydrogens is 300 g/mol. The van der Waals surface area contributed by atoms with Crippen molar-refractivity contribution in [2.45, 2.75) is 39.2 Å². The van der Waals surface area contributed by atoms with E-state index in [1.54, 1.807) is 12.1 Å². The van der Waals surface area contributed by atoms with E-state index in [1.807, 2.05) is 42.8 Å². The average Bonchev–Trinajstić information content (AvgIpc) is 2.89. The summed E-state index contributed by atoms with van der Waals surface area (Å²) in [5, 5.41) is 9.32. The molecule has 1 fully saturated rings. The SMILES string of the molecule is CC(C)n1nc(-c2c(C=C3CCC3)nn3ccccc23)ccc1=O. The van der Waals surface area contributed by atoms with E-state index in [9.17, 15) is 4.79 Å². The number of rotatable bonds is 3. The highest BCUT2D eigenvalue weighted by Gasteiger charge is 2.18. The van der Waals surface area contributed by atoms with Crippen molar-refractivity contribution in [2.24, 2.45) is 0 Å². The minimum Gasteiger partial charge on any atom is -0.268 e. The van der Waals surface area contributed by atoms with Crippen LogP contribution in [0.3, 0.4) is 0 Å². The molecule has 0 radical (unpaired) electrons. The summed E-state index contributed by atoms with van der Waals surface area (Å²) in [7, 11) is 0. The van der Waals surface area contributed by atoms with Crippen molar-refractivity contribution in [1.82, 2.24) is 19.4 Å². The number of nitrogens with zero attached hydrogens (tertiary/aromatic N) is 4. The number of allylic oxidation sites excluding steroid dienone is 1. The molecule has 0 amide bonds. The first-order valence-electron chi connectivity index (χ1n) is 8.40. The molecule has 5 heteroatoms. The molecule has 0 unspecified atom stereocenters. The Labute approximate surface area is 140 Å². The molecule has 1 aliphatic carbocycles. The molecule has 24 heavy (non-hydrogen) atoms. The Morgan fingerprint density at radius 3 is 2.67 bits per heavy atom. The molecule has 0 aromatic carbocycles. The topological polar surface area (TPSA) is 52.2 Å². The number of fused-ring (bicyclic) bond motifs is 1. The first-order chi connectivity index (χ1) is 11.6. The highest BCUT2D eigenvalue weighted by molar-refractivity contribution is 5.85. The molecule has 122 valence electrons. The largest absolute Gasteiger partial charge is 0.268 e. The van der Waals surface area contributed by atoms with Crippen LogP contribution in [0.1, 0.15) is 44.8 Å². The van der Waals surface area contributed by atoms with E-state index < -0.39 is 0 Å². The minimum atomic E-state index is -0.0795. The van der Waals surface area contributed by atoms with Crippen LogP contribution < -0.4 is 5.56 Å². The van der Waals surface area contributed by atoms with E-state index in [4.69, 9.17) is 5.10 Å². The summed E-state index contributed by atoms with van der Waals surface area (Å²) in [5.41, 5.74) is 5.06. The summed E-state index contributed by atoms with van der Waals surface area (Å²) in [4.78, 5) is 12.0. The average molecular weight is 320 g/mol. The van der Waals surface area contributed by atoms with Crippen LogP contribution in [0.5, 0.6) is 0 Å². The van der Waals surface area contributed by atoms with Crippen molar-refractivity contribution in [1.29, 1.82) is 0 Å². The van der Waals surface area contributed by atoms with Gasteiger partial charge in [-0.05, 0) is 57.4 Å². The van der Waals surface area contributed by atoms with Crippen LogP contribution in [0.25, 0.3) is 22.9 Å². The van der Waals surface area contributed by atoms with Crippen molar-refractivity contribution in [3.63, 3.8) is 0 Å². The molecule has 0 aliphatic heterocycles. The number of pyridine rings is 1. The van der Waals surface area contributed by atoms with Crippen molar-refractivity contribution in [2.75, 3.05) is 0 Å². The van der Waals surface area contributed by atoms with Gasteiger partial charge in [-0.25, -0.2) is 9.20 Å². The first kappa shape index (κ1) is 14.9. The molecule has 0 atom stereocenters. The molecule has 0 spiro atoms. The van der Waals surface area contributed by atoms with Crippen molar-refractivity contribution in [3.8, 4) is 11.3 Å². The normalized spacial score (nSPS) is 14.2. The summed E-state index contributed by atoms with van der Waals surface area (Å²) in [6.07, 6.45) is 7.67. The zero-order chi connectivity index (χ0) is 16.7. The lowest BCUT2D eigenvalue weighted by Gasteiger charge is -2.15. The number of hydrogen-bond donors (Lipinski definition) is 0. The van der Waals surface area contributed by atoms with Gasteiger partial charge in [-0.15, -0.1) is 0 Å². The fourth-order valence-corrected chi connectivity index (χ4v) is 3.03. The van der Waals surface area contributed by atoms with E-state index in [0.717, 1.165) is 35.3 Å². The lowest BCUT2D eigenvalue weighted by Crippen LogP contribution is -2.23. The van der Waals surface area contributed by atoms with Crippen LogP contribution in [0.15, 0.2) is 46.9 Å². The van der Waals surface area contributed by atoms with Crippen molar-refractivity contribution >= 4 is 11.6 Å². The number of aromatic nitrogens is 4. The number of hydrogen-bond acceptors (Lipinski definition) is 3. The maximum Gasteiger partial charge on any atom is 0.267 e. The van der Waals surface area contributed by atoms with Gasteiger partial charge in [-0.3, -0.25) is 4.79 Å². The second kappa shape index (κ2) is 5.74. The molecule has 4 rings (SSSR count). The van der Waals surface area contributed by atoms with Gasteiger partial charge in [0.2, 0.25) is 0 Å². The highest BCUT2D eigenvalue weighted by atomic mass is 16.1. The Morgan fingerprint density at radius 2 is 1.96 bits per heavy atom. The van der Waals surface area contributed by atoms with Gasteiger partial charge in [0.15, 0.2) is 0 Å². The Bertz CT molecular complexity index is 988. The fraction of sp³-hybridized carbons (Fsp3) is 0.316. The maximum atomic E-state index is 12.0. The van der Waals surface area contributed by atoms with Crippen molar-refractivity contribution in [3.05, 3.63) is 58.1 Å². The van der Waals surface area contributed by atoms with E-state index in [1.165, 1.54) is 16.7 Å². The van der Waals surface area contributed by atoms with Gasteiger partial charge in [-0.2, -0.15) is 10.2 Å². The van der Waals surface area contributed by atoms with Gasteiger partial charge >= 0.3 is 0 Å². The molecule has 3 heterocycles. The lowest BCUT2D eigenvalue weighted by molar-refractivity contribution is 0.505. The Kier molecular flexibility index (Phi) is 3.56. The van der Waals surface area contributed by atoms with Gasteiger partial charge in [0.25, 0.3) is 5.56 Å². The summed E-state index contributed by atoms with van der Waals surface area (Å²) in [5.74, 6) is 0. The standard InChI is InChI=1S/C19H20N4O/c1-13(2)23-18(24)10-9-15(21-23)19-16(12-14-6-5-7-14)20-22-11-4-3-8-17(19)22/h3-4,8-13H,5-7H2,1-2H3. The van der Waals surface area contributed by atoms with Gasteiger partial charge in [0.05, 0.1) is 28.5 Å². The summed E-state index contributed by atoms with van der Waals surface area (Å²) < 4.78 is 3.41. The van der Waals surface area contributed by atoms with E-state index in [0.29, 0.717) is 0 Å². The summed E-state index contributed by atoms with van der Waals surface area (Å²) in [6.45, 7) is 3.93. The molecule has 1 saturated carbocycles. The molecule has 3 aromatic rings. The van der Waals surface area contributed by atoms with Crippen molar-refractivity contribution < 1.29 is 0 Å². The lowest BCUT2D eigenvalue weighted by atomic mass is 9.91. The second-order valence-electron chi connectivity index (χ2n) is 6.54. The third-order valence-electron chi connectivity index (χ3n) is 4.47. The molecule has 0 bridgehead atoms. The molecule has 5 nitrogen and oxygen atoms in total. The van der Waals surface area contributed by atoms with Crippen LogP contribution in [0.2, 0.25) is 0 Å². The van der Waals surface area contributed by atoms with Gasteiger partial charge in [-0.1, -0.05) is 11.6 Å². The maximum absolute atomic E-state index is 12.0. The smallest absolute Gasteiger partial charge is 0.267 e. The van der Waals surface area contributed by atoms with Crippen LogP contribution in [-0.2, 0) is 0 Å². The monoisotopic (exact) mass is 320 g/mol. The van der Waals surface area contributed by atoms with Crippen LogP contribution >= 0.6 is 0 Å². The Hall–Kier alpha value is -2.69. The van der Waals surface area contributed by atoms with Gasteiger partial charge < -0.3 is 0 Å². The van der Waals surface area contributed by atoms with E-state index in [-0.39, 0.29) is 11.6 Å². The Morgan fingerprint density at radius 1 is 1.12 bits per heavy atom. The predicted molar refractivity (Wildman–Crippen MR) is 94.9 cm³/mol. The molecule has 3 aromatic heterocycles. The molecule has 1 aliphatic rings. The minimum absolute atomic E-state index is 0.0210. The highest BCUT2D eigenvalue weighted by Crippen LogP contribution is 2.32. The van der Waals surface area contributed by atoms with Gasteiger partial charge in [0, 0.05) is 12.3 Å². The van der Waals surface area contributed by atoms with Gasteiger partial charge in [0.1, 0.15) is 0 Å². The quantitative estimate of drug-likeness (QED) is 0.739. The van der Waals surface area contributed by atoms with E-state index >= 15 is 0 Å². The summed E-state index contributed by atoms with van der Waals surface area (Å²) >= 11 is 0. The van der Waals surface area contributed by atoms with Crippen LogP contribution in [0, 0.1) is 0 Å². The molecular formula is C19H20N4O.